The molecule has 3 saturated carbocycles. The molecule has 0 bridgehead atoms. The molecule has 4 rings (SSSR count). The van der Waals surface area contributed by atoms with Crippen molar-refractivity contribution >= 4 is 5.91 Å². The number of rotatable bonds is 11. The molecule has 1 amide bonds. The highest BCUT2D eigenvalue weighted by molar-refractivity contribution is 5.87. The Hall–Kier alpha value is -1.84. The van der Waals surface area contributed by atoms with Crippen LogP contribution in [0.1, 0.15) is 121 Å². The number of halogens is 1. The molecule has 3 aliphatic carbocycles. The van der Waals surface area contributed by atoms with Crippen molar-refractivity contribution in [3.8, 4) is 5.75 Å². The van der Waals surface area contributed by atoms with Gasteiger partial charge in [-0.1, -0.05) is 58.1 Å². The number of carbonyl (C=O) groups excluding carboxylic acids is 1. The molecule has 0 heterocycles. The topological polar surface area (TPSA) is 29.5 Å². The SMILES string of the molecule is C=CC(=O)N(C)C1CCC(COc2ccc(C3CCC(C4CCC(CCCCC)CC4)CC3)cc2F)CC1. The van der Waals surface area contributed by atoms with Gasteiger partial charge in [-0.25, -0.2) is 4.39 Å². The molecule has 1 aromatic carbocycles. The van der Waals surface area contributed by atoms with Crippen LogP contribution in [0.3, 0.4) is 0 Å². The monoisotopic (exact) mass is 525 g/mol. The van der Waals surface area contributed by atoms with Crippen LogP contribution in [0.25, 0.3) is 0 Å². The Morgan fingerprint density at radius 1 is 0.947 bits per heavy atom. The molecule has 0 atom stereocenters. The normalized spacial score (nSPS) is 30.0. The van der Waals surface area contributed by atoms with E-state index in [9.17, 15) is 9.18 Å². The van der Waals surface area contributed by atoms with E-state index in [2.05, 4.69) is 19.6 Å². The average molecular weight is 526 g/mol. The van der Waals surface area contributed by atoms with E-state index < -0.39 is 0 Å². The maximum Gasteiger partial charge on any atom is 0.245 e. The van der Waals surface area contributed by atoms with Crippen LogP contribution in [0, 0.1) is 29.5 Å². The van der Waals surface area contributed by atoms with E-state index in [-0.39, 0.29) is 17.8 Å². The lowest BCUT2D eigenvalue weighted by atomic mass is 9.68. The third kappa shape index (κ3) is 7.85. The molecule has 212 valence electrons. The summed E-state index contributed by atoms with van der Waals surface area (Å²) < 4.78 is 20.9. The fraction of sp³-hybridized carbons (Fsp3) is 0.735. The molecule has 3 fully saturated rings. The lowest BCUT2D eigenvalue weighted by Crippen LogP contribution is -2.39. The van der Waals surface area contributed by atoms with E-state index in [0.29, 0.717) is 24.2 Å². The first-order chi connectivity index (χ1) is 18.5. The largest absolute Gasteiger partial charge is 0.490 e. The summed E-state index contributed by atoms with van der Waals surface area (Å²) in [4.78, 5) is 13.7. The highest BCUT2D eigenvalue weighted by atomic mass is 19.1. The highest BCUT2D eigenvalue weighted by Crippen LogP contribution is 2.45. The summed E-state index contributed by atoms with van der Waals surface area (Å²) in [5.41, 5.74) is 1.16. The molecule has 38 heavy (non-hydrogen) atoms. The molecule has 0 unspecified atom stereocenters. The maximum atomic E-state index is 15.0. The third-order valence-corrected chi connectivity index (χ3v) is 10.3. The van der Waals surface area contributed by atoms with Gasteiger partial charge in [0.15, 0.2) is 11.6 Å². The van der Waals surface area contributed by atoms with Crippen molar-refractivity contribution in [1.29, 1.82) is 0 Å². The molecule has 1 aromatic rings. The molecule has 0 spiro atoms. The molecule has 0 N–H and O–H groups in total. The van der Waals surface area contributed by atoms with Gasteiger partial charge in [-0.3, -0.25) is 4.79 Å². The molecule has 4 heteroatoms. The van der Waals surface area contributed by atoms with Gasteiger partial charge in [0.2, 0.25) is 5.91 Å². The zero-order valence-corrected chi connectivity index (χ0v) is 24.1. The van der Waals surface area contributed by atoms with E-state index in [0.717, 1.165) is 49.0 Å². The van der Waals surface area contributed by atoms with Gasteiger partial charge < -0.3 is 9.64 Å². The third-order valence-electron chi connectivity index (χ3n) is 10.3. The molecule has 0 radical (unpaired) electrons. The Morgan fingerprint density at radius 3 is 2.18 bits per heavy atom. The number of unbranched alkanes of at least 4 members (excludes halogenated alkanes) is 2. The van der Waals surface area contributed by atoms with Gasteiger partial charge in [0.1, 0.15) is 0 Å². The van der Waals surface area contributed by atoms with Gasteiger partial charge in [-0.15, -0.1) is 0 Å². The number of ether oxygens (including phenoxy) is 1. The highest BCUT2D eigenvalue weighted by Gasteiger charge is 2.31. The van der Waals surface area contributed by atoms with Crippen LogP contribution in [-0.4, -0.2) is 30.5 Å². The second-order valence-corrected chi connectivity index (χ2v) is 12.7. The van der Waals surface area contributed by atoms with Crippen LogP contribution < -0.4 is 4.74 Å². The Balaban J connectivity index is 1.17. The first-order valence-electron chi connectivity index (χ1n) is 15.8. The smallest absolute Gasteiger partial charge is 0.245 e. The predicted octanol–water partition coefficient (Wildman–Crippen LogP) is 9.07. The summed E-state index contributed by atoms with van der Waals surface area (Å²) in [5.74, 6) is 3.88. The number of hydrogen-bond donors (Lipinski definition) is 0. The Labute approximate surface area is 231 Å². The molecule has 0 aromatic heterocycles. The van der Waals surface area contributed by atoms with E-state index >= 15 is 0 Å². The Kier molecular flexibility index (Phi) is 11.1. The standard InChI is InChI=1S/C34H52FNO2/c1-4-6-7-8-25-9-13-27(14-10-25)28-15-17-29(18-16-28)30-19-22-33(32(35)23-30)38-24-26-11-20-31(21-12-26)36(3)34(37)5-2/h5,19,22-23,25-29,31H,2,4,6-18,20-21,24H2,1,3H3. The van der Waals surface area contributed by atoms with Crippen molar-refractivity contribution in [2.75, 3.05) is 13.7 Å². The quantitative estimate of drug-likeness (QED) is 0.213. The van der Waals surface area contributed by atoms with Crippen molar-refractivity contribution in [2.24, 2.45) is 23.7 Å². The first kappa shape index (κ1) is 29.2. The molecule has 0 saturated heterocycles. The molecular weight excluding hydrogens is 473 g/mol. The zero-order chi connectivity index (χ0) is 26.9. The second-order valence-electron chi connectivity index (χ2n) is 12.7. The van der Waals surface area contributed by atoms with Crippen molar-refractivity contribution in [1.82, 2.24) is 4.90 Å². The number of benzene rings is 1. The van der Waals surface area contributed by atoms with Gasteiger partial charge in [-0.05, 0) is 118 Å². The second kappa shape index (κ2) is 14.5. The maximum absolute atomic E-state index is 15.0. The summed E-state index contributed by atoms with van der Waals surface area (Å²) in [6.07, 6.45) is 21.8. The summed E-state index contributed by atoms with van der Waals surface area (Å²) in [5, 5.41) is 0. The lowest BCUT2D eigenvalue weighted by Gasteiger charge is -2.38. The summed E-state index contributed by atoms with van der Waals surface area (Å²) in [6.45, 7) is 6.44. The van der Waals surface area contributed by atoms with Crippen LogP contribution in [0.4, 0.5) is 4.39 Å². The van der Waals surface area contributed by atoms with Gasteiger partial charge in [-0.2, -0.15) is 0 Å². The molecular formula is C34H52FNO2. The van der Waals surface area contributed by atoms with Crippen LogP contribution in [0.2, 0.25) is 0 Å². The fourth-order valence-electron chi connectivity index (χ4n) is 7.67. The predicted molar refractivity (Wildman–Crippen MR) is 155 cm³/mol. The van der Waals surface area contributed by atoms with Crippen LogP contribution in [0.5, 0.6) is 5.75 Å². The minimum atomic E-state index is -0.212. The van der Waals surface area contributed by atoms with Crippen molar-refractivity contribution in [3.63, 3.8) is 0 Å². The van der Waals surface area contributed by atoms with E-state index in [1.165, 1.54) is 83.1 Å². The minimum absolute atomic E-state index is 0.0133. The average Bonchev–Trinajstić information content (AvgIpc) is 2.96. The van der Waals surface area contributed by atoms with Gasteiger partial charge in [0.05, 0.1) is 6.61 Å². The fourth-order valence-corrected chi connectivity index (χ4v) is 7.67. The van der Waals surface area contributed by atoms with Crippen molar-refractivity contribution in [2.45, 2.75) is 122 Å². The summed E-state index contributed by atoms with van der Waals surface area (Å²) >= 11 is 0. The Bertz CT molecular complexity index is 876. The molecule has 0 aliphatic heterocycles. The number of likely N-dealkylation sites (N-methyl/N-ethyl adjacent to an activating group) is 1. The first-order valence-corrected chi connectivity index (χ1v) is 15.8. The minimum Gasteiger partial charge on any atom is -0.490 e. The van der Waals surface area contributed by atoms with Gasteiger partial charge >= 0.3 is 0 Å². The van der Waals surface area contributed by atoms with Gasteiger partial charge in [0, 0.05) is 13.1 Å². The van der Waals surface area contributed by atoms with E-state index in [1.54, 1.807) is 11.0 Å². The zero-order valence-electron chi connectivity index (χ0n) is 24.1. The number of hydrogen-bond acceptors (Lipinski definition) is 2. The van der Waals surface area contributed by atoms with E-state index in [4.69, 9.17) is 4.74 Å². The van der Waals surface area contributed by atoms with Crippen molar-refractivity contribution in [3.05, 3.63) is 42.2 Å². The van der Waals surface area contributed by atoms with Crippen molar-refractivity contribution < 1.29 is 13.9 Å². The lowest BCUT2D eigenvalue weighted by molar-refractivity contribution is -0.127. The van der Waals surface area contributed by atoms with Crippen LogP contribution in [0.15, 0.2) is 30.9 Å². The summed E-state index contributed by atoms with van der Waals surface area (Å²) in [7, 11) is 1.86. The molecule has 3 aliphatic rings. The summed E-state index contributed by atoms with van der Waals surface area (Å²) in [6, 6.07) is 5.98. The molecule has 3 nitrogen and oxygen atoms in total. The number of carbonyl (C=O) groups is 1. The Morgan fingerprint density at radius 2 is 1.58 bits per heavy atom. The number of amides is 1. The van der Waals surface area contributed by atoms with Gasteiger partial charge in [0.25, 0.3) is 0 Å². The van der Waals surface area contributed by atoms with Crippen LogP contribution >= 0.6 is 0 Å². The van der Waals surface area contributed by atoms with E-state index in [1.807, 2.05) is 13.1 Å². The number of nitrogens with zero attached hydrogens (tertiary/aromatic N) is 1. The van der Waals surface area contributed by atoms with Crippen LogP contribution in [-0.2, 0) is 4.79 Å².